The summed E-state index contributed by atoms with van der Waals surface area (Å²) in [6.07, 6.45) is 3.00. The minimum Gasteiger partial charge on any atom is -0.496 e. The zero-order valence-corrected chi connectivity index (χ0v) is 20.1. The average molecular weight is 500 g/mol. The zero-order valence-electron chi connectivity index (χ0n) is 20.1. The van der Waals surface area contributed by atoms with Crippen LogP contribution in [0.5, 0.6) is 5.75 Å². The predicted molar refractivity (Wildman–Crippen MR) is 133 cm³/mol. The molecule has 10 nitrogen and oxygen atoms in total. The molecule has 1 atom stereocenters. The summed E-state index contributed by atoms with van der Waals surface area (Å²) in [5.41, 5.74) is 2.12. The first kappa shape index (κ1) is 23.9. The number of benzene rings is 2. The summed E-state index contributed by atoms with van der Waals surface area (Å²) >= 11 is 0. The Bertz CT molecular complexity index is 1480. The van der Waals surface area contributed by atoms with E-state index in [4.69, 9.17) is 13.6 Å². The molecule has 3 aromatic heterocycles. The number of aromatic nitrogens is 3. The van der Waals surface area contributed by atoms with Crippen LogP contribution in [0.2, 0.25) is 0 Å². The molecular formula is C27H25N5O5. The Balaban J connectivity index is 1.50. The fraction of sp³-hybridized carbons (Fsp3) is 0.185. The van der Waals surface area contributed by atoms with E-state index in [-0.39, 0.29) is 25.5 Å². The number of methoxy groups -OCH3 is 1. The zero-order chi connectivity index (χ0) is 25.6. The van der Waals surface area contributed by atoms with Crippen LogP contribution in [-0.2, 0) is 29.2 Å². The highest BCUT2D eigenvalue weighted by atomic mass is 16.5. The molecule has 0 radical (unpaired) electrons. The summed E-state index contributed by atoms with van der Waals surface area (Å²) in [5.74, 6) is 0.738. The van der Waals surface area contributed by atoms with Crippen LogP contribution in [0.4, 0.5) is 0 Å². The van der Waals surface area contributed by atoms with E-state index in [1.807, 2.05) is 48.5 Å². The van der Waals surface area contributed by atoms with E-state index < -0.39 is 11.9 Å². The molecule has 0 fully saturated rings. The van der Waals surface area contributed by atoms with Gasteiger partial charge in [-0.15, -0.1) is 5.10 Å². The van der Waals surface area contributed by atoms with Gasteiger partial charge < -0.3 is 23.8 Å². The van der Waals surface area contributed by atoms with Crippen molar-refractivity contribution in [2.24, 2.45) is 0 Å². The number of ether oxygens (including phenoxy) is 1. The second kappa shape index (κ2) is 10.8. The van der Waals surface area contributed by atoms with Crippen molar-refractivity contribution in [1.82, 2.24) is 25.2 Å². The topological polar surface area (TPSA) is 116 Å². The predicted octanol–water partition coefficient (Wildman–Crippen LogP) is 3.71. The third kappa shape index (κ3) is 5.22. The highest BCUT2D eigenvalue weighted by Crippen LogP contribution is 2.28. The van der Waals surface area contributed by atoms with Crippen LogP contribution in [0.3, 0.4) is 0 Å². The van der Waals surface area contributed by atoms with E-state index in [1.165, 1.54) is 22.1 Å². The fourth-order valence-corrected chi connectivity index (χ4v) is 4.15. The number of furan rings is 2. The molecule has 5 aromatic rings. The molecule has 5 rings (SSSR count). The SMILES string of the molecule is COc1ccccc1CN(C(=O)Cn1nnc2ccccc21)[C@@H](C(=O)NCc1ccco1)c1ccco1. The van der Waals surface area contributed by atoms with E-state index in [0.717, 1.165) is 5.56 Å². The lowest BCUT2D eigenvalue weighted by molar-refractivity contribution is -0.143. The molecule has 10 heteroatoms. The molecule has 1 N–H and O–H groups in total. The quantitative estimate of drug-likeness (QED) is 0.311. The first-order valence-electron chi connectivity index (χ1n) is 11.7. The number of rotatable bonds is 10. The number of hydrogen-bond donors (Lipinski definition) is 1. The number of nitrogens with one attached hydrogen (secondary N) is 1. The lowest BCUT2D eigenvalue weighted by Gasteiger charge is -2.30. The summed E-state index contributed by atoms with van der Waals surface area (Å²) in [6.45, 7) is 0.126. The molecule has 0 unspecified atom stereocenters. The number of carbonyl (C=O) groups excluding carboxylic acids is 2. The molecule has 37 heavy (non-hydrogen) atoms. The Morgan fingerprint density at radius 2 is 1.78 bits per heavy atom. The molecule has 0 saturated heterocycles. The van der Waals surface area contributed by atoms with Gasteiger partial charge in [0.15, 0.2) is 6.04 Å². The Morgan fingerprint density at radius 1 is 1.00 bits per heavy atom. The van der Waals surface area contributed by atoms with E-state index in [2.05, 4.69) is 15.6 Å². The summed E-state index contributed by atoms with van der Waals surface area (Å²) in [5, 5.41) is 11.2. The van der Waals surface area contributed by atoms with Crippen LogP contribution >= 0.6 is 0 Å². The van der Waals surface area contributed by atoms with Crippen LogP contribution in [-0.4, -0.2) is 38.8 Å². The molecule has 188 valence electrons. The second-order valence-corrected chi connectivity index (χ2v) is 8.28. The summed E-state index contributed by atoms with van der Waals surface area (Å²) in [6, 6.07) is 20.5. The monoisotopic (exact) mass is 499 g/mol. The van der Waals surface area contributed by atoms with Crippen molar-refractivity contribution in [3.8, 4) is 5.75 Å². The number of hydrogen-bond acceptors (Lipinski definition) is 7. The fourth-order valence-electron chi connectivity index (χ4n) is 4.15. The number of amides is 2. The van der Waals surface area contributed by atoms with Gasteiger partial charge in [0, 0.05) is 5.56 Å². The minimum atomic E-state index is -1.06. The van der Waals surface area contributed by atoms with Crippen molar-refractivity contribution < 1.29 is 23.2 Å². The molecule has 0 saturated carbocycles. The van der Waals surface area contributed by atoms with Crippen LogP contribution < -0.4 is 10.1 Å². The van der Waals surface area contributed by atoms with E-state index in [0.29, 0.717) is 28.3 Å². The van der Waals surface area contributed by atoms with Crippen molar-refractivity contribution in [2.75, 3.05) is 7.11 Å². The summed E-state index contributed by atoms with van der Waals surface area (Å²) < 4.78 is 18.0. The maximum absolute atomic E-state index is 13.9. The Morgan fingerprint density at radius 3 is 2.57 bits per heavy atom. The Hall–Kier alpha value is -4.86. The first-order valence-corrected chi connectivity index (χ1v) is 11.7. The Labute approximate surface area is 212 Å². The molecule has 0 aliphatic rings. The van der Waals surface area contributed by atoms with E-state index in [1.54, 1.807) is 31.4 Å². The van der Waals surface area contributed by atoms with Crippen molar-refractivity contribution >= 4 is 22.8 Å². The lowest BCUT2D eigenvalue weighted by atomic mass is 10.1. The van der Waals surface area contributed by atoms with Crippen molar-refractivity contribution in [3.63, 3.8) is 0 Å². The highest BCUT2D eigenvalue weighted by molar-refractivity contribution is 5.88. The molecule has 0 aliphatic carbocycles. The van der Waals surface area contributed by atoms with Gasteiger partial charge in [-0.3, -0.25) is 9.59 Å². The van der Waals surface area contributed by atoms with Gasteiger partial charge in [0.1, 0.15) is 29.3 Å². The number of carbonyl (C=O) groups is 2. The number of fused-ring (bicyclic) bond motifs is 1. The number of para-hydroxylation sites is 2. The maximum atomic E-state index is 13.9. The molecule has 2 amide bonds. The highest BCUT2D eigenvalue weighted by Gasteiger charge is 2.34. The van der Waals surface area contributed by atoms with Gasteiger partial charge in [0.25, 0.3) is 5.91 Å². The average Bonchev–Trinajstić information content (AvgIpc) is 3.71. The second-order valence-electron chi connectivity index (χ2n) is 8.28. The molecular weight excluding hydrogens is 474 g/mol. The van der Waals surface area contributed by atoms with Gasteiger partial charge in [0.2, 0.25) is 5.91 Å². The molecule has 3 heterocycles. The van der Waals surface area contributed by atoms with Gasteiger partial charge >= 0.3 is 0 Å². The first-order chi connectivity index (χ1) is 18.1. The standard InChI is InChI=1S/C27H25N5O5/c1-35-23-12-5-2-8-19(23)17-31(25(33)18-32-22-11-4-3-10-21(22)29-30-32)26(24-13-7-15-37-24)27(34)28-16-20-9-6-14-36-20/h2-15,26H,16-18H2,1H3,(H,28,34)/t26-/m1/s1. The van der Waals surface area contributed by atoms with Crippen molar-refractivity contribution in [2.45, 2.75) is 25.7 Å². The largest absolute Gasteiger partial charge is 0.496 e. The molecule has 0 spiro atoms. The van der Waals surface area contributed by atoms with Gasteiger partial charge in [-0.2, -0.15) is 0 Å². The van der Waals surface area contributed by atoms with Crippen LogP contribution in [0.1, 0.15) is 23.1 Å². The van der Waals surface area contributed by atoms with Gasteiger partial charge in [-0.05, 0) is 42.5 Å². The normalized spacial score (nSPS) is 11.8. The molecule has 0 aliphatic heterocycles. The van der Waals surface area contributed by atoms with Crippen LogP contribution in [0, 0.1) is 0 Å². The summed E-state index contributed by atoms with van der Waals surface area (Å²) in [7, 11) is 1.56. The molecule has 0 bridgehead atoms. The third-order valence-corrected chi connectivity index (χ3v) is 5.95. The number of nitrogens with zero attached hydrogens (tertiary/aromatic N) is 4. The Kier molecular flexibility index (Phi) is 6.98. The van der Waals surface area contributed by atoms with Crippen molar-refractivity contribution in [1.29, 1.82) is 0 Å². The van der Waals surface area contributed by atoms with E-state index >= 15 is 0 Å². The summed E-state index contributed by atoms with van der Waals surface area (Å²) in [4.78, 5) is 28.9. The van der Waals surface area contributed by atoms with Crippen LogP contribution in [0.15, 0.2) is 94.2 Å². The van der Waals surface area contributed by atoms with E-state index in [9.17, 15) is 9.59 Å². The molecule has 2 aromatic carbocycles. The van der Waals surface area contributed by atoms with Crippen LogP contribution in [0.25, 0.3) is 11.0 Å². The third-order valence-electron chi connectivity index (χ3n) is 5.95. The van der Waals surface area contributed by atoms with Gasteiger partial charge in [-0.25, -0.2) is 4.68 Å². The lowest BCUT2D eigenvalue weighted by Crippen LogP contribution is -2.44. The maximum Gasteiger partial charge on any atom is 0.251 e. The van der Waals surface area contributed by atoms with Crippen molar-refractivity contribution in [3.05, 3.63) is 102 Å². The minimum absolute atomic E-state index is 0.0923. The van der Waals surface area contributed by atoms with Gasteiger partial charge in [-0.1, -0.05) is 35.5 Å². The smallest absolute Gasteiger partial charge is 0.251 e. The van der Waals surface area contributed by atoms with Gasteiger partial charge in [0.05, 0.1) is 38.2 Å².